The molecule has 0 amide bonds. The average molecular weight is 436 g/mol. The number of rotatable bonds is 10. The van der Waals surface area contributed by atoms with Crippen LogP contribution in [-0.4, -0.2) is 23.8 Å². The minimum absolute atomic E-state index is 0.492. The number of pyridine rings is 1. The Labute approximate surface area is 191 Å². The van der Waals surface area contributed by atoms with Gasteiger partial charge < -0.3 is 9.84 Å². The first-order valence-corrected chi connectivity index (χ1v) is 10.9. The fourth-order valence-electron chi connectivity index (χ4n) is 3.15. The number of hydrogen-bond acceptors (Lipinski definition) is 3. The van der Waals surface area contributed by atoms with Crippen molar-refractivity contribution in [2.45, 2.75) is 39.5 Å². The van der Waals surface area contributed by atoms with Gasteiger partial charge in [0, 0.05) is 36.6 Å². The van der Waals surface area contributed by atoms with Crippen LogP contribution >= 0.6 is 11.6 Å². The van der Waals surface area contributed by atoms with Gasteiger partial charge in [-0.15, -0.1) is 0 Å². The van der Waals surface area contributed by atoms with Crippen molar-refractivity contribution < 1.29 is 9.84 Å². The molecule has 1 aromatic heterocycles. The van der Waals surface area contributed by atoms with E-state index in [1.165, 1.54) is 11.1 Å². The summed E-state index contributed by atoms with van der Waals surface area (Å²) in [4.78, 5) is 4.78. The molecule has 0 radical (unpaired) electrons. The van der Waals surface area contributed by atoms with E-state index in [1.54, 1.807) is 19.3 Å². The van der Waals surface area contributed by atoms with E-state index in [9.17, 15) is 0 Å². The third kappa shape index (κ3) is 7.75. The Morgan fingerprint density at radius 1 is 1.19 bits per heavy atom. The largest absolute Gasteiger partial charge is 0.462 e. The van der Waals surface area contributed by atoms with Crippen LogP contribution in [0.15, 0.2) is 65.4 Å². The van der Waals surface area contributed by atoms with Crippen LogP contribution in [0.1, 0.15) is 43.4 Å². The van der Waals surface area contributed by atoms with E-state index >= 15 is 0 Å². The summed E-state index contributed by atoms with van der Waals surface area (Å²) >= 11 is 6.18. The molecular weight excluding hydrogens is 406 g/mol. The van der Waals surface area contributed by atoms with Gasteiger partial charge in [0.1, 0.15) is 6.11 Å². The number of methoxy groups -OCH3 is 1. The summed E-state index contributed by atoms with van der Waals surface area (Å²) in [6.07, 6.45) is 15.4. The molecule has 3 nitrogen and oxygen atoms in total. The van der Waals surface area contributed by atoms with Crippen LogP contribution < -0.4 is 0 Å². The number of aliphatic hydroxyl groups is 1. The lowest BCUT2D eigenvalue weighted by atomic mass is 10.00. The van der Waals surface area contributed by atoms with E-state index in [2.05, 4.69) is 43.2 Å². The van der Waals surface area contributed by atoms with Crippen molar-refractivity contribution >= 4 is 17.7 Å². The van der Waals surface area contributed by atoms with Crippen molar-refractivity contribution in [3.63, 3.8) is 0 Å². The fourth-order valence-corrected chi connectivity index (χ4v) is 3.26. The number of aliphatic hydroxyl groups excluding tert-OH is 1. The summed E-state index contributed by atoms with van der Waals surface area (Å²) in [6, 6.07) is 10.7. The van der Waals surface area contributed by atoms with Crippen LogP contribution in [0.25, 0.3) is 17.3 Å². The van der Waals surface area contributed by atoms with Gasteiger partial charge in [-0.3, -0.25) is 4.98 Å². The second-order valence-corrected chi connectivity index (χ2v) is 7.50. The lowest BCUT2D eigenvalue weighted by Gasteiger charge is -2.09. The molecular formula is C27H30ClNO2. The average Bonchev–Trinajstić information content (AvgIpc) is 2.81. The summed E-state index contributed by atoms with van der Waals surface area (Å²) in [5.41, 5.74) is 6.08. The highest BCUT2D eigenvalue weighted by Crippen LogP contribution is 2.25. The zero-order valence-corrected chi connectivity index (χ0v) is 19.2. The van der Waals surface area contributed by atoms with Gasteiger partial charge in [0.15, 0.2) is 0 Å². The van der Waals surface area contributed by atoms with Gasteiger partial charge in [-0.2, -0.15) is 0 Å². The molecule has 0 aliphatic carbocycles. The Kier molecular flexibility index (Phi) is 10.6. The molecule has 0 fully saturated rings. The minimum Gasteiger partial charge on any atom is -0.462 e. The SMILES string of the molecule is C\C=C(Cl)/C(C#CO)=C\C=C\c1cc(CCCCOC)cnc1-c1ccc(CC)cc1. The van der Waals surface area contributed by atoms with Gasteiger partial charge >= 0.3 is 0 Å². The molecule has 1 N–H and O–H groups in total. The molecule has 2 rings (SSSR count). The number of allylic oxidation sites excluding steroid dienone is 5. The summed E-state index contributed by atoms with van der Waals surface area (Å²) in [7, 11) is 1.73. The molecule has 0 atom stereocenters. The molecule has 0 saturated heterocycles. The normalized spacial score (nSPS) is 12.1. The summed E-state index contributed by atoms with van der Waals surface area (Å²) < 4.78 is 5.15. The topological polar surface area (TPSA) is 42.4 Å². The van der Waals surface area contributed by atoms with Gasteiger partial charge in [0.25, 0.3) is 0 Å². The highest BCUT2D eigenvalue weighted by molar-refractivity contribution is 6.32. The molecule has 2 aromatic rings. The Balaban J connectivity index is 2.39. The van der Waals surface area contributed by atoms with Crippen molar-refractivity contribution in [2.24, 2.45) is 0 Å². The number of aromatic nitrogens is 1. The molecule has 31 heavy (non-hydrogen) atoms. The van der Waals surface area contributed by atoms with E-state index in [4.69, 9.17) is 26.4 Å². The first kappa shape index (κ1) is 24.5. The monoisotopic (exact) mass is 435 g/mol. The fraction of sp³-hybridized carbons (Fsp3) is 0.296. The van der Waals surface area contributed by atoms with Crippen LogP contribution in [0.4, 0.5) is 0 Å². The zero-order chi connectivity index (χ0) is 22.5. The predicted molar refractivity (Wildman–Crippen MR) is 130 cm³/mol. The van der Waals surface area contributed by atoms with E-state index in [-0.39, 0.29) is 0 Å². The number of ether oxygens (including phenoxy) is 1. The maximum absolute atomic E-state index is 8.96. The number of aryl methyl sites for hydroxylation is 2. The first-order valence-electron chi connectivity index (χ1n) is 10.6. The summed E-state index contributed by atoms with van der Waals surface area (Å²) in [5.74, 6) is 2.62. The van der Waals surface area contributed by atoms with Gasteiger partial charge in [-0.05, 0) is 61.8 Å². The maximum Gasteiger partial charge on any atom is 0.113 e. The van der Waals surface area contributed by atoms with E-state index in [1.807, 2.05) is 31.4 Å². The number of hydrogen-bond donors (Lipinski definition) is 1. The van der Waals surface area contributed by atoms with Crippen molar-refractivity contribution in [2.75, 3.05) is 13.7 Å². The Morgan fingerprint density at radius 3 is 2.61 bits per heavy atom. The quantitative estimate of drug-likeness (QED) is 0.256. The third-order valence-corrected chi connectivity index (χ3v) is 5.34. The first-order chi connectivity index (χ1) is 15.1. The Bertz CT molecular complexity index is 992. The third-order valence-electron chi connectivity index (χ3n) is 4.91. The van der Waals surface area contributed by atoms with Crippen molar-refractivity contribution in [1.29, 1.82) is 0 Å². The van der Waals surface area contributed by atoms with Crippen molar-refractivity contribution in [1.82, 2.24) is 4.98 Å². The molecule has 0 unspecified atom stereocenters. The van der Waals surface area contributed by atoms with Crippen LogP contribution in [0.2, 0.25) is 0 Å². The molecule has 0 spiro atoms. The van der Waals surface area contributed by atoms with E-state index < -0.39 is 0 Å². The predicted octanol–water partition coefficient (Wildman–Crippen LogP) is 6.70. The summed E-state index contributed by atoms with van der Waals surface area (Å²) in [6.45, 7) is 4.75. The molecule has 0 bridgehead atoms. The maximum atomic E-state index is 8.96. The zero-order valence-electron chi connectivity index (χ0n) is 18.5. The van der Waals surface area contributed by atoms with Gasteiger partial charge in [0.2, 0.25) is 0 Å². The second-order valence-electron chi connectivity index (χ2n) is 7.09. The van der Waals surface area contributed by atoms with Gasteiger partial charge in [0.05, 0.1) is 10.7 Å². The van der Waals surface area contributed by atoms with Crippen LogP contribution in [0, 0.1) is 12.0 Å². The Morgan fingerprint density at radius 2 is 1.97 bits per heavy atom. The number of unbranched alkanes of at least 4 members (excludes halogenated alkanes) is 1. The molecule has 1 aromatic carbocycles. The number of halogens is 1. The van der Waals surface area contributed by atoms with Crippen LogP contribution in [-0.2, 0) is 17.6 Å². The molecule has 1 heterocycles. The van der Waals surface area contributed by atoms with Crippen LogP contribution in [0.3, 0.4) is 0 Å². The van der Waals surface area contributed by atoms with Gasteiger partial charge in [-0.1, -0.05) is 61.0 Å². The summed E-state index contributed by atoms with van der Waals surface area (Å²) in [5, 5.41) is 9.45. The number of nitrogens with zero attached hydrogens (tertiary/aromatic N) is 1. The molecule has 0 aliphatic rings. The second kappa shape index (κ2) is 13.5. The van der Waals surface area contributed by atoms with E-state index in [0.717, 1.165) is 49.1 Å². The van der Waals surface area contributed by atoms with Gasteiger partial charge in [-0.25, -0.2) is 0 Å². The smallest absolute Gasteiger partial charge is 0.113 e. The molecule has 0 saturated carbocycles. The van der Waals surface area contributed by atoms with Crippen LogP contribution in [0.5, 0.6) is 0 Å². The molecule has 0 aliphatic heterocycles. The lowest BCUT2D eigenvalue weighted by Crippen LogP contribution is -1.95. The molecule has 162 valence electrons. The highest BCUT2D eigenvalue weighted by Gasteiger charge is 2.07. The lowest BCUT2D eigenvalue weighted by molar-refractivity contribution is 0.193. The van der Waals surface area contributed by atoms with Crippen molar-refractivity contribution in [3.8, 4) is 23.3 Å². The Hall–Kier alpha value is -2.80. The molecule has 4 heteroatoms. The van der Waals surface area contributed by atoms with Crippen molar-refractivity contribution in [3.05, 3.63) is 82.1 Å². The van der Waals surface area contributed by atoms with E-state index in [0.29, 0.717) is 10.6 Å². The minimum atomic E-state index is 0.492. The number of benzene rings is 1. The standard InChI is InChI=1S/C27H30ClNO2/c1-4-21-12-14-24(15-13-21)27-25(11-8-10-23(16-17-30)26(28)5-2)19-22(20-29-27)9-6-7-18-31-3/h5,8,10-15,19-20,30H,4,6-7,9,18H2,1-3H3/b11-8+,23-10-,26-5+. The highest BCUT2D eigenvalue weighted by atomic mass is 35.5.